The first-order chi connectivity index (χ1) is 12.8. The number of carbonyl (C=O) groups is 1. The van der Waals surface area contributed by atoms with Crippen LogP contribution in [0.4, 0.5) is 18.9 Å². The number of benzene rings is 3. The topological polar surface area (TPSA) is 29.1 Å². The quantitative estimate of drug-likeness (QED) is 0.565. The van der Waals surface area contributed by atoms with Gasteiger partial charge in [0, 0.05) is 5.02 Å². The molecule has 0 heterocycles. The standard InChI is InChI=1S/C21H15ClF3NO/c22-17-10-11-19(18(13-17)21(23,24)25)26-20(27)12-14-6-8-16(9-7-14)15-4-2-1-3-5-15/h1-11,13H,12H2,(H,26,27). The first kappa shape index (κ1) is 19.0. The van der Waals surface area contributed by atoms with Crippen molar-refractivity contribution >= 4 is 23.2 Å². The third-order valence-electron chi connectivity index (χ3n) is 3.99. The first-order valence-corrected chi connectivity index (χ1v) is 8.52. The summed E-state index contributed by atoms with van der Waals surface area (Å²) in [6.07, 6.45) is -4.64. The van der Waals surface area contributed by atoms with Crippen molar-refractivity contribution in [3.8, 4) is 11.1 Å². The fraction of sp³-hybridized carbons (Fsp3) is 0.0952. The zero-order valence-electron chi connectivity index (χ0n) is 14.1. The first-order valence-electron chi connectivity index (χ1n) is 8.14. The van der Waals surface area contributed by atoms with Gasteiger partial charge in [0.05, 0.1) is 17.7 Å². The van der Waals surface area contributed by atoms with E-state index in [1.54, 1.807) is 12.1 Å². The molecule has 27 heavy (non-hydrogen) atoms. The second-order valence-electron chi connectivity index (χ2n) is 5.98. The van der Waals surface area contributed by atoms with Crippen LogP contribution in [0.15, 0.2) is 72.8 Å². The zero-order chi connectivity index (χ0) is 19.4. The predicted molar refractivity (Wildman–Crippen MR) is 101 cm³/mol. The summed E-state index contributed by atoms with van der Waals surface area (Å²) in [7, 11) is 0. The number of halogens is 4. The number of hydrogen-bond acceptors (Lipinski definition) is 1. The van der Waals surface area contributed by atoms with E-state index in [9.17, 15) is 18.0 Å². The van der Waals surface area contributed by atoms with Crippen LogP contribution in [-0.4, -0.2) is 5.91 Å². The molecule has 0 aromatic heterocycles. The van der Waals surface area contributed by atoms with Crippen molar-refractivity contribution in [1.82, 2.24) is 0 Å². The monoisotopic (exact) mass is 389 g/mol. The van der Waals surface area contributed by atoms with Crippen LogP contribution >= 0.6 is 11.6 Å². The van der Waals surface area contributed by atoms with E-state index < -0.39 is 17.6 Å². The largest absolute Gasteiger partial charge is 0.418 e. The lowest BCUT2D eigenvalue weighted by molar-refractivity contribution is -0.137. The highest BCUT2D eigenvalue weighted by molar-refractivity contribution is 6.30. The molecule has 1 N–H and O–H groups in total. The van der Waals surface area contributed by atoms with Gasteiger partial charge in [0.2, 0.25) is 5.91 Å². The van der Waals surface area contributed by atoms with E-state index in [2.05, 4.69) is 5.32 Å². The van der Waals surface area contributed by atoms with Gasteiger partial charge in [0.1, 0.15) is 0 Å². The Balaban J connectivity index is 1.72. The molecule has 0 aliphatic heterocycles. The van der Waals surface area contributed by atoms with Gasteiger partial charge >= 0.3 is 6.18 Å². The van der Waals surface area contributed by atoms with Crippen LogP contribution in [0, 0.1) is 0 Å². The summed E-state index contributed by atoms with van der Waals surface area (Å²) >= 11 is 5.64. The van der Waals surface area contributed by atoms with Crippen molar-refractivity contribution < 1.29 is 18.0 Å². The molecule has 0 bridgehead atoms. The van der Waals surface area contributed by atoms with Gasteiger partial charge in [0.25, 0.3) is 0 Å². The number of hydrogen-bond donors (Lipinski definition) is 1. The minimum absolute atomic E-state index is 0.0327. The highest BCUT2D eigenvalue weighted by atomic mass is 35.5. The zero-order valence-corrected chi connectivity index (χ0v) is 14.8. The molecule has 2 nitrogen and oxygen atoms in total. The number of carbonyl (C=O) groups excluding carboxylic acids is 1. The van der Waals surface area contributed by atoms with Crippen molar-refractivity contribution in [2.24, 2.45) is 0 Å². The summed E-state index contributed by atoms with van der Waals surface area (Å²) < 4.78 is 39.3. The lowest BCUT2D eigenvalue weighted by atomic mass is 10.0. The average molecular weight is 390 g/mol. The number of amides is 1. The fourth-order valence-electron chi connectivity index (χ4n) is 2.69. The molecule has 0 atom stereocenters. The maximum absolute atomic E-state index is 13.1. The van der Waals surface area contributed by atoms with Gasteiger partial charge in [-0.3, -0.25) is 4.79 Å². The Bertz CT molecular complexity index is 938. The molecule has 0 unspecified atom stereocenters. The number of rotatable bonds is 4. The van der Waals surface area contributed by atoms with E-state index in [-0.39, 0.29) is 17.1 Å². The summed E-state index contributed by atoms with van der Waals surface area (Å²) in [6.45, 7) is 0. The molecule has 0 saturated heterocycles. The summed E-state index contributed by atoms with van der Waals surface area (Å²) in [5.41, 5.74) is 1.47. The molecule has 1 amide bonds. The van der Waals surface area contributed by atoms with Crippen LogP contribution in [0.25, 0.3) is 11.1 Å². The van der Waals surface area contributed by atoms with Gasteiger partial charge in [-0.15, -0.1) is 0 Å². The minimum atomic E-state index is -4.61. The Morgan fingerprint density at radius 1 is 0.889 bits per heavy atom. The average Bonchev–Trinajstić information content (AvgIpc) is 2.64. The van der Waals surface area contributed by atoms with E-state index in [4.69, 9.17) is 11.6 Å². The molecule has 0 fully saturated rings. The number of nitrogens with one attached hydrogen (secondary N) is 1. The SMILES string of the molecule is O=C(Cc1ccc(-c2ccccc2)cc1)Nc1ccc(Cl)cc1C(F)(F)F. The Hall–Kier alpha value is -2.79. The summed E-state index contributed by atoms with van der Waals surface area (Å²) in [6, 6.07) is 20.3. The molecule has 0 spiro atoms. The minimum Gasteiger partial charge on any atom is -0.325 e. The molecule has 138 valence electrons. The lowest BCUT2D eigenvalue weighted by Gasteiger charge is -2.14. The molecule has 0 aliphatic rings. The maximum atomic E-state index is 13.1. The van der Waals surface area contributed by atoms with E-state index in [1.807, 2.05) is 42.5 Å². The molecular weight excluding hydrogens is 375 g/mol. The maximum Gasteiger partial charge on any atom is 0.418 e. The van der Waals surface area contributed by atoms with Gasteiger partial charge in [-0.2, -0.15) is 13.2 Å². The summed E-state index contributed by atoms with van der Waals surface area (Å²) in [5, 5.41) is 2.28. The van der Waals surface area contributed by atoms with Crippen molar-refractivity contribution in [3.05, 3.63) is 88.9 Å². The van der Waals surface area contributed by atoms with Crippen LogP contribution in [0.5, 0.6) is 0 Å². The molecule has 0 radical (unpaired) electrons. The van der Waals surface area contributed by atoms with Gasteiger partial charge in [-0.25, -0.2) is 0 Å². The molecule has 0 saturated carbocycles. The third-order valence-corrected chi connectivity index (χ3v) is 4.22. The van der Waals surface area contributed by atoms with Crippen molar-refractivity contribution in [3.63, 3.8) is 0 Å². The van der Waals surface area contributed by atoms with E-state index in [0.29, 0.717) is 5.56 Å². The highest BCUT2D eigenvalue weighted by Gasteiger charge is 2.34. The Labute approximate surface area is 159 Å². The van der Waals surface area contributed by atoms with E-state index in [0.717, 1.165) is 23.3 Å². The molecule has 3 aromatic carbocycles. The van der Waals surface area contributed by atoms with Gasteiger partial charge in [-0.1, -0.05) is 66.2 Å². The van der Waals surface area contributed by atoms with Crippen LogP contribution in [-0.2, 0) is 17.4 Å². The van der Waals surface area contributed by atoms with Crippen LogP contribution in [0.3, 0.4) is 0 Å². The Kier molecular flexibility index (Phi) is 5.51. The van der Waals surface area contributed by atoms with Crippen LogP contribution in [0.2, 0.25) is 5.02 Å². The van der Waals surface area contributed by atoms with Crippen LogP contribution < -0.4 is 5.32 Å². The molecule has 6 heteroatoms. The van der Waals surface area contributed by atoms with Crippen LogP contribution in [0.1, 0.15) is 11.1 Å². The van der Waals surface area contributed by atoms with E-state index >= 15 is 0 Å². The van der Waals surface area contributed by atoms with Crippen molar-refractivity contribution in [2.45, 2.75) is 12.6 Å². The van der Waals surface area contributed by atoms with Gasteiger partial charge < -0.3 is 5.32 Å². The molecule has 3 aromatic rings. The van der Waals surface area contributed by atoms with Crippen molar-refractivity contribution in [1.29, 1.82) is 0 Å². The smallest absolute Gasteiger partial charge is 0.325 e. The molecule has 3 rings (SSSR count). The fourth-order valence-corrected chi connectivity index (χ4v) is 2.86. The normalized spacial score (nSPS) is 11.3. The summed E-state index contributed by atoms with van der Waals surface area (Å²) in [5.74, 6) is -0.532. The van der Waals surface area contributed by atoms with E-state index in [1.165, 1.54) is 6.07 Å². The predicted octanol–water partition coefficient (Wildman–Crippen LogP) is 6.21. The lowest BCUT2D eigenvalue weighted by Crippen LogP contribution is -2.18. The van der Waals surface area contributed by atoms with Gasteiger partial charge in [-0.05, 0) is 34.9 Å². The second-order valence-corrected chi connectivity index (χ2v) is 6.41. The van der Waals surface area contributed by atoms with Crippen molar-refractivity contribution in [2.75, 3.05) is 5.32 Å². The number of anilines is 1. The Morgan fingerprint density at radius 3 is 2.15 bits per heavy atom. The Morgan fingerprint density at radius 2 is 1.52 bits per heavy atom. The summed E-state index contributed by atoms with van der Waals surface area (Å²) in [4.78, 5) is 12.2. The second kappa shape index (κ2) is 7.84. The number of alkyl halides is 3. The van der Waals surface area contributed by atoms with Gasteiger partial charge in [0.15, 0.2) is 0 Å². The highest BCUT2D eigenvalue weighted by Crippen LogP contribution is 2.36. The third kappa shape index (κ3) is 4.89. The molecule has 0 aliphatic carbocycles. The molecular formula is C21H15ClF3NO.